The van der Waals surface area contributed by atoms with Crippen LogP contribution in [-0.2, 0) is 11.8 Å². The van der Waals surface area contributed by atoms with Crippen LogP contribution in [0.25, 0.3) is 0 Å². The highest BCUT2D eigenvalue weighted by Crippen LogP contribution is 2.17. The van der Waals surface area contributed by atoms with Gasteiger partial charge in [0.2, 0.25) is 0 Å². The van der Waals surface area contributed by atoms with E-state index in [4.69, 9.17) is 16.7 Å². The minimum atomic E-state index is -0.983. The second-order valence-electron chi connectivity index (χ2n) is 3.62. The number of aryl methyl sites for hydroxylation is 1. The van der Waals surface area contributed by atoms with Crippen LogP contribution in [0.4, 0.5) is 5.69 Å². The monoisotopic (exact) mass is 259 g/mol. The van der Waals surface area contributed by atoms with Crippen molar-refractivity contribution in [2.24, 2.45) is 7.05 Å². The molecule has 1 aromatic heterocycles. The molecule has 94 valence electrons. The molecule has 1 rings (SSSR count). The summed E-state index contributed by atoms with van der Waals surface area (Å²) in [4.78, 5) is 22.4. The summed E-state index contributed by atoms with van der Waals surface area (Å²) >= 11 is 5.82. The Kier molecular flexibility index (Phi) is 4.51. The van der Waals surface area contributed by atoms with Crippen molar-refractivity contribution in [1.29, 1.82) is 0 Å². The van der Waals surface area contributed by atoms with Crippen LogP contribution in [0.3, 0.4) is 0 Å². The summed E-state index contributed by atoms with van der Waals surface area (Å²) in [6.45, 7) is 1.88. The van der Waals surface area contributed by atoms with Crippen molar-refractivity contribution in [2.45, 2.75) is 25.8 Å². The summed E-state index contributed by atoms with van der Waals surface area (Å²) in [5.74, 6) is -0.983. The molecule has 0 aliphatic heterocycles. The number of hydrogen-bond donors (Lipinski definition) is 2. The molecule has 0 saturated carbocycles. The zero-order valence-corrected chi connectivity index (χ0v) is 10.4. The molecule has 0 aliphatic rings. The first kappa shape index (κ1) is 13.5. The lowest BCUT2D eigenvalue weighted by molar-refractivity contribution is -0.138. The quantitative estimate of drug-likeness (QED) is 0.827. The maximum absolute atomic E-state index is 11.5. The van der Waals surface area contributed by atoms with E-state index in [0.29, 0.717) is 12.8 Å². The highest BCUT2D eigenvalue weighted by Gasteiger charge is 2.18. The SMILES string of the molecule is CCCC(Nc1cnn(C)c(=O)c1Cl)C(=O)O. The highest BCUT2D eigenvalue weighted by molar-refractivity contribution is 6.33. The Balaban J connectivity index is 2.98. The molecule has 0 amide bonds. The largest absolute Gasteiger partial charge is 0.480 e. The third-order valence-corrected chi connectivity index (χ3v) is 2.65. The average Bonchev–Trinajstić information content (AvgIpc) is 2.28. The fourth-order valence-electron chi connectivity index (χ4n) is 1.35. The molecule has 0 bridgehead atoms. The number of halogens is 1. The molecule has 1 atom stereocenters. The maximum Gasteiger partial charge on any atom is 0.326 e. The van der Waals surface area contributed by atoms with Crippen molar-refractivity contribution in [1.82, 2.24) is 9.78 Å². The first-order valence-corrected chi connectivity index (χ1v) is 5.56. The zero-order valence-electron chi connectivity index (χ0n) is 9.61. The molecule has 0 saturated heterocycles. The van der Waals surface area contributed by atoms with Gasteiger partial charge in [0.25, 0.3) is 5.56 Å². The van der Waals surface area contributed by atoms with E-state index in [0.717, 1.165) is 4.68 Å². The molecule has 1 aromatic rings. The summed E-state index contributed by atoms with van der Waals surface area (Å²) in [7, 11) is 1.47. The van der Waals surface area contributed by atoms with Crippen LogP contribution < -0.4 is 10.9 Å². The predicted octanol–water partition coefficient (Wildman–Crippen LogP) is 1.10. The molecule has 6 nitrogen and oxygen atoms in total. The van der Waals surface area contributed by atoms with Gasteiger partial charge in [0.15, 0.2) is 0 Å². The van der Waals surface area contributed by atoms with Crippen molar-refractivity contribution < 1.29 is 9.90 Å². The van der Waals surface area contributed by atoms with Crippen LogP contribution in [0.15, 0.2) is 11.0 Å². The Bertz CT molecular complexity index is 472. The summed E-state index contributed by atoms with van der Waals surface area (Å²) in [5, 5.41) is 15.4. The van der Waals surface area contributed by atoms with Crippen molar-refractivity contribution in [2.75, 3.05) is 5.32 Å². The van der Waals surface area contributed by atoms with Gasteiger partial charge >= 0.3 is 5.97 Å². The fourth-order valence-corrected chi connectivity index (χ4v) is 1.57. The minimum absolute atomic E-state index is 0.0511. The van der Waals surface area contributed by atoms with E-state index < -0.39 is 17.6 Å². The Morgan fingerprint density at radius 1 is 1.71 bits per heavy atom. The number of nitrogens with zero attached hydrogens (tertiary/aromatic N) is 2. The van der Waals surface area contributed by atoms with Gasteiger partial charge in [-0.1, -0.05) is 24.9 Å². The molecule has 7 heteroatoms. The lowest BCUT2D eigenvalue weighted by Crippen LogP contribution is -2.31. The van der Waals surface area contributed by atoms with Crippen LogP contribution in [0, 0.1) is 0 Å². The van der Waals surface area contributed by atoms with Gasteiger partial charge in [-0.2, -0.15) is 5.10 Å². The maximum atomic E-state index is 11.5. The number of nitrogens with one attached hydrogen (secondary N) is 1. The lowest BCUT2D eigenvalue weighted by atomic mass is 10.1. The van der Waals surface area contributed by atoms with E-state index in [1.165, 1.54) is 13.2 Å². The van der Waals surface area contributed by atoms with Crippen LogP contribution in [0.5, 0.6) is 0 Å². The second-order valence-corrected chi connectivity index (χ2v) is 4.00. The first-order valence-electron chi connectivity index (χ1n) is 5.18. The van der Waals surface area contributed by atoms with Crippen LogP contribution >= 0.6 is 11.6 Å². The van der Waals surface area contributed by atoms with Gasteiger partial charge in [-0.25, -0.2) is 9.48 Å². The topological polar surface area (TPSA) is 84.2 Å². The third-order valence-electron chi connectivity index (χ3n) is 2.28. The zero-order chi connectivity index (χ0) is 13.0. The number of hydrogen-bond acceptors (Lipinski definition) is 4. The summed E-state index contributed by atoms with van der Waals surface area (Å²) in [5.41, 5.74) is -0.215. The molecule has 17 heavy (non-hydrogen) atoms. The number of rotatable bonds is 5. The second kappa shape index (κ2) is 5.67. The molecule has 0 fully saturated rings. The molecular weight excluding hydrogens is 246 g/mol. The number of aliphatic carboxylic acids is 1. The molecule has 0 radical (unpaired) electrons. The molecule has 1 unspecified atom stereocenters. The fraction of sp³-hybridized carbons (Fsp3) is 0.500. The van der Waals surface area contributed by atoms with Crippen molar-refractivity contribution in [3.05, 3.63) is 21.6 Å². The Morgan fingerprint density at radius 2 is 2.35 bits per heavy atom. The Morgan fingerprint density at radius 3 is 2.88 bits per heavy atom. The van der Waals surface area contributed by atoms with Crippen LogP contribution in [-0.4, -0.2) is 26.9 Å². The van der Waals surface area contributed by atoms with Crippen molar-refractivity contribution >= 4 is 23.3 Å². The summed E-state index contributed by atoms with van der Waals surface area (Å²) in [6, 6.07) is -0.772. The van der Waals surface area contributed by atoms with Crippen molar-refractivity contribution in [3.8, 4) is 0 Å². The number of carboxylic acid groups (broad SMARTS) is 1. The van der Waals surface area contributed by atoms with Gasteiger partial charge in [-0.05, 0) is 6.42 Å². The summed E-state index contributed by atoms with van der Waals surface area (Å²) < 4.78 is 1.09. The average molecular weight is 260 g/mol. The number of anilines is 1. The molecule has 0 aliphatic carbocycles. The summed E-state index contributed by atoms with van der Waals surface area (Å²) in [6.07, 6.45) is 2.50. The Hall–Kier alpha value is -1.56. The van der Waals surface area contributed by atoms with Crippen LogP contribution in [0.1, 0.15) is 19.8 Å². The van der Waals surface area contributed by atoms with E-state index in [9.17, 15) is 9.59 Å². The number of aromatic nitrogens is 2. The standard InChI is InChI=1S/C10H14ClN3O3/c1-3-4-6(10(16)17)13-7-5-12-14(2)9(15)8(7)11/h5-6,13H,3-4H2,1-2H3,(H,16,17). The Labute approximate surface area is 103 Å². The molecule has 1 heterocycles. The van der Waals surface area contributed by atoms with E-state index in [2.05, 4.69) is 10.4 Å². The van der Waals surface area contributed by atoms with Gasteiger partial charge < -0.3 is 10.4 Å². The smallest absolute Gasteiger partial charge is 0.326 e. The normalized spacial score (nSPS) is 12.2. The van der Waals surface area contributed by atoms with E-state index >= 15 is 0 Å². The van der Waals surface area contributed by atoms with Crippen molar-refractivity contribution in [3.63, 3.8) is 0 Å². The molecular formula is C10H14ClN3O3. The van der Waals surface area contributed by atoms with Crippen LogP contribution in [0.2, 0.25) is 5.02 Å². The van der Waals surface area contributed by atoms with E-state index in [1.54, 1.807) is 0 Å². The van der Waals surface area contributed by atoms with Gasteiger partial charge in [0.05, 0.1) is 11.9 Å². The lowest BCUT2D eigenvalue weighted by Gasteiger charge is -2.15. The van der Waals surface area contributed by atoms with Gasteiger partial charge in [0.1, 0.15) is 11.1 Å². The minimum Gasteiger partial charge on any atom is -0.480 e. The molecule has 2 N–H and O–H groups in total. The van der Waals surface area contributed by atoms with E-state index in [1.807, 2.05) is 6.92 Å². The van der Waals surface area contributed by atoms with Gasteiger partial charge in [-0.15, -0.1) is 0 Å². The predicted molar refractivity (Wildman–Crippen MR) is 64.4 cm³/mol. The number of carboxylic acids is 1. The van der Waals surface area contributed by atoms with E-state index in [-0.39, 0.29) is 10.7 Å². The number of carbonyl (C=O) groups is 1. The van der Waals surface area contributed by atoms with Gasteiger partial charge in [-0.3, -0.25) is 4.79 Å². The highest BCUT2D eigenvalue weighted by atomic mass is 35.5. The molecule has 0 spiro atoms. The first-order chi connectivity index (χ1) is 7.97. The molecule has 0 aromatic carbocycles. The van der Waals surface area contributed by atoms with Gasteiger partial charge in [0, 0.05) is 7.05 Å². The third kappa shape index (κ3) is 3.20.